The molecule has 4 rings (SSSR count). The van der Waals surface area contributed by atoms with Crippen LogP contribution in [0.4, 0.5) is 0 Å². The molecule has 0 aliphatic carbocycles. The number of nitrogens with one attached hydrogen (secondary N) is 1. The number of H-pyrrole nitrogens is 1. The number of ketones is 1. The molecular weight excluding hydrogens is 336 g/mol. The molecule has 0 saturated carbocycles. The fourth-order valence-electron chi connectivity index (χ4n) is 3.19. The van der Waals surface area contributed by atoms with Gasteiger partial charge < -0.3 is 14.3 Å². The van der Waals surface area contributed by atoms with Crippen molar-refractivity contribution >= 4 is 34.4 Å². The Balaban J connectivity index is 1.50. The molecule has 0 radical (unpaired) electrons. The molecule has 1 fully saturated rings. The van der Waals surface area contributed by atoms with E-state index in [0.717, 1.165) is 28.8 Å². The number of aromatic nitrogens is 1. The Labute approximate surface area is 149 Å². The van der Waals surface area contributed by atoms with Crippen molar-refractivity contribution in [3.05, 3.63) is 60.2 Å². The zero-order valence-corrected chi connectivity index (χ0v) is 14.4. The zero-order chi connectivity index (χ0) is 17.2. The van der Waals surface area contributed by atoms with Gasteiger partial charge in [0.15, 0.2) is 0 Å². The summed E-state index contributed by atoms with van der Waals surface area (Å²) in [5, 5.41) is 1.02. The molecule has 128 valence electrons. The number of Topliss-reactive ketones (excluding diaryl/α,β-unsaturated/α-hetero) is 1. The number of benzene rings is 1. The number of rotatable bonds is 3. The van der Waals surface area contributed by atoms with Crippen molar-refractivity contribution in [3.63, 3.8) is 0 Å². The van der Waals surface area contributed by atoms with E-state index < -0.39 is 11.7 Å². The molecule has 25 heavy (non-hydrogen) atoms. The molecule has 3 heterocycles. The number of hydrogen-bond donors (Lipinski definition) is 1. The highest BCUT2D eigenvalue weighted by Crippen LogP contribution is 2.34. The van der Waals surface area contributed by atoms with Crippen LogP contribution in [0.15, 0.2) is 53.3 Å². The monoisotopic (exact) mass is 354 g/mol. The second kappa shape index (κ2) is 6.80. The van der Waals surface area contributed by atoms with Gasteiger partial charge in [-0.2, -0.15) is 0 Å². The van der Waals surface area contributed by atoms with Crippen molar-refractivity contribution in [1.82, 2.24) is 9.88 Å². The largest absolute Gasteiger partial charge is 0.468 e. The van der Waals surface area contributed by atoms with Crippen LogP contribution in [0.5, 0.6) is 0 Å². The Morgan fingerprint density at radius 3 is 2.88 bits per heavy atom. The van der Waals surface area contributed by atoms with E-state index in [1.807, 2.05) is 36.4 Å². The molecule has 1 saturated heterocycles. The number of thioether (sulfide) groups is 1. The molecular formula is C19H18N2O3S. The molecule has 1 aliphatic heterocycles. The lowest BCUT2D eigenvalue weighted by Gasteiger charge is -2.19. The number of carbonyl (C=O) groups excluding carboxylic acids is 2. The van der Waals surface area contributed by atoms with Crippen molar-refractivity contribution in [2.75, 3.05) is 18.8 Å². The summed E-state index contributed by atoms with van der Waals surface area (Å²) in [5.74, 6) is 0.852. The molecule has 2 aromatic heterocycles. The third-order valence-corrected chi connectivity index (χ3v) is 5.81. The van der Waals surface area contributed by atoms with Crippen LogP contribution >= 0.6 is 11.8 Å². The average molecular weight is 354 g/mol. The molecule has 1 atom stereocenters. The lowest BCUT2D eigenvalue weighted by molar-refractivity contribution is -0.126. The topological polar surface area (TPSA) is 66.3 Å². The molecule has 0 spiro atoms. The number of furan rings is 1. The summed E-state index contributed by atoms with van der Waals surface area (Å²) in [5.41, 5.74) is 1.31. The highest BCUT2D eigenvalue weighted by molar-refractivity contribution is 7.99. The first kappa shape index (κ1) is 16.0. The van der Waals surface area contributed by atoms with E-state index in [9.17, 15) is 9.59 Å². The number of fused-ring (bicyclic) bond motifs is 1. The molecule has 0 bridgehead atoms. The smallest absolute Gasteiger partial charge is 0.295 e. The Kier molecular flexibility index (Phi) is 4.36. The molecule has 1 aromatic carbocycles. The summed E-state index contributed by atoms with van der Waals surface area (Å²) in [6.07, 6.45) is 4.08. The van der Waals surface area contributed by atoms with Gasteiger partial charge in [-0.1, -0.05) is 18.2 Å². The number of nitrogens with zero attached hydrogens (tertiary/aromatic N) is 1. The van der Waals surface area contributed by atoms with Gasteiger partial charge in [0.25, 0.3) is 11.7 Å². The number of amides is 1. The van der Waals surface area contributed by atoms with Crippen molar-refractivity contribution in [2.45, 2.75) is 11.7 Å². The van der Waals surface area contributed by atoms with Crippen LogP contribution in [-0.4, -0.2) is 40.4 Å². The fourth-order valence-corrected chi connectivity index (χ4v) is 4.37. The second-order valence-electron chi connectivity index (χ2n) is 6.03. The minimum atomic E-state index is -0.445. The molecule has 1 amide bonds. The summed E-state index contributed by atoms with van der Waals surface area (Å²) < 4.78 is 5.48. The van der Waals surface area contributed by atoms with E-state index in [-0.39, 0.29) is 5.25 Å². The van der Waals surface area contributed by atoms with Crippen LogP contribution in [0.2, 0.25) is 0 Å². The predicted molar refractivity (Wildman–Crippen MR) is 97.7 cm³/mol. The number of carbonyl (C=O) groups is 2. The van der Waals surface area contributed by atoms with Crippen LogP contribution in [-0.2, 0) is 4.79 Å². The zero-order valence-electron chi connectivity index (χ0n) is 13.6. The third-order valence-electron chi connectivity index (χ3n) is 4.52. The van der Waals surface area contributed by atoms with Crippen LogP contribution in [0.3, 0.4) is 0 Å². The maximum absolute atomic E-state index is 12.7. The van der Waals surface area contributed by atoms with Gasteiger partial charge in [0.05, 0.1) is 17.1 Å². The van der Waals surface area contributed by atoms with Gasteiger partial charge in [0.1, 0.15) is 5.76 Å². The standard InChI is InChI=1S/C19H18N2O3S/c22-18(14-12-20-15-5-2-1-4-13(14)15)19(23)21-8-7-17(25-11-9-21)16-6-3-10-24-16/h1-6,10,12,17,20H,7-9,11H2. The van der Waals surface area contributed by atoms with Crippen molar-refractivity contribution in [1.29, 1.82) is 0 Å². The summed E-state index contributed by atoms with van der Waals surface area (Å²) in [6, 6.07) is 11.4. The minimum absolute atomic E-state index is 0.232. The molecule has 1 unspecified atom stereocenters. The Morgan fingerprint density at radius 1 is 1.16 bits per heavy atom. The summed E-state index contributed by atoms with van der Waals surface area (Å²) >= 11 is 1.77. The summed E-state index contributed by atoms with van der Waals surface area (Å²) in [7, 11) is 0. The number of para-hydroxylation sites is 1. The lowest BCUT2D eigenvalue weighted by atomic mass is 10.1. The van der Waals surface area contributed by atoms with Crippen LogP contribution in [0, 0.1) is 0 Å². The Bertz CT molecular complexity index is 900. The Morgan fingerprint density at radius 2 is 2.04 bits per heavy atom. The average Bonchev–Trinajstić information content (AvgIpc) is 3.26. The molecule has 1 N–H and O–H groups in total. The van der Waals surface area contributed by atoms with Gasteiger partial charge in [0.2, 0.25) is 0 Å². The van der Waals surface area contributed by atoms with Crippen molar-refractivity contribution < 1.29 is 14.0 Å². The number of hydrogen-bond acceptors (Lipinski definition) is 4. The van der Waals surface area contributed by atoms with Crippen LogP contribution < -0.4 is 0 Å². The predicted octanol–water partition coefficient (Wildman–Crippen LogP) is 3.65. The van der Waals surface area contributed by atoms with Gasteiger partial charge in [-0.3, -0.25) is 9.59 Å². The maximum Gasteiger partial charge on any atom is 0.295 e. The SMILES string of the molecule is O=C(C(=O)N1CCSC(c2ccco2)CC1)c1c[nH]c2ccccc12. The highest BCUT2D eigenvalue weighted by Gasteiger charge is 2.28. The van der Waals surface area contributed by atoms with E-state index in [2.05, 4.69) is 4.98 Å². The van der Waals surface area contributed by atoms with E-state index >= 15 is 0 Å². The van der Waals surface area contributed by atoms with Crippen molar-refractivity contribution in [2.24, 2.45) is 0 Å². The maximum atomic E-state index is 12.7. The van der Waals surface area contributed by atoms with E-state index in [1.54, 1.807) is 29.1 Å². The summed E-state index contributed by atoms with van der Waals surface area (Å²) in [4.78, 5) is 30.1. The first-order valence-corrected chi connectivity index (χ1v) is 9.33. The molecule has 6 heteroatoms. The molecule has 1 aliphatic rings. The third kappa shape index (κ3) is 3.09. The van der Waals surface area contributed by atoms with E-state index in [1.165, 1.54) is 0 Å². The van der Waals surface area contributed by atoms with E-state index in [4.69, 9.17) is 4.42 Å². The van der Waals surface area contributed by atoms with Gasteiger partial charge in [-0.05, 0) is 24.6 Å². The first-order chi connectivity index (χ1) is 12.2. The van der Waals surface area contributed by atoms with Gasteiger partial charge in [-0.25, -0.2) is 0 Å². The van der Waals surface area contributed by atoms with Crippen LogP contribution in [0.25, 0.3) is 10.9 Å². The highest BCUT2D eigenvalue weighted by atomic mass is 32.2. The molecule has 5 nitrogen and oxygen atoms in total. The van der Waals surface area contributed by atoms with Gasteiger partial charge in [0, 0.05) is 35.9 Å². The Hall–Kier alpha value is -2.47. The summed E-state index contributed by atoms with van der Waals surface area (Å²) in [6.45, 7) is 1.14. The minimum Gasteiger partial charge on any atom is -0.468 e. The molecule has 3 aromatic rings. The second-order valence-corrected chi connectivity index (χ2v) is 7.34. The quantitative estimate of drug-likeness (QED) is 0.576. The van der Waals surface area contributed by atoms with Gasteiger partial charge in [-0.15, -0.1) is 11.8 Å². The van der Waals surface area contributed by atoms with Gasteiger partial charge >= 0.3 is 0 Å². The fraction of sp³-hybridized carbons (Fsp3) is 0.263. The van der Waals surface area contributed by atoms with Crippen molar-refractivity contribution in [3.8, 4) is 0 Å². The number of aromatic amines is 1. The van der Waals surface area contributed by atoms with E-state index in [0.29, 0.717) is 18.7 Å². The lowest BCUT2D eigenvalue weighted by Crippen LogP contribution is -2.38. The van der Waals surface area contributed by atoms with Crippen LogP contribution in [0.1, 0.15) is 27.8 Å². The normalized spacial score (nSPS) is 18.2. The first-order valence-electron chi connectivity index (χ1n) is 8.29.